The smallest absolute Gasteiger partial charge is 0.251 e. The van der Waals surface area contributed by atoms with Gasteiger partial charge in [0.05, 0.1) is 0 Å². The van der Waals surface area contributed by atoms with Gasteiger partial charge in [0.15, 0.2) is 0 Å². The van der Waals surface area contributed by atoms with Crippen LogP contribution in [0.5, 0.6) is 5.75 Å². The van der Waals surface area contributed by atoms with Crippen LogP contribution in [-0.2, 0) is 6.54 Å². The van der Waals surface area contributed by atoms with E-state index in [0.717, 1.165) is 5.56 Å². The second-order valence-electron chi connectivity index (χ2n) is 3.79. The van der Waals surface area contributed by atoms with E-state index in [1.807, 2.05) is 0 Å². The van der Waals surface area contributed by atoms with Crippen LogP contribution >= 0.6 is 0 Å². The molecule has 92 valence electrons. The summed E-state index contributed by atoms with van der Waals surface area (Å²) in [7, 11) is 0. The van der Waals surface area contributed by atoms with Crippen LogP contribution in [0.4, 0.5) is 0 Å². The average Bonchev–Trinajstić information content (AvgIpc) is 2.38. The number of aromatic hydroxyl groups is 1. The Balaban J connectivity index is 2.00. The van der Waals surface area contributed by atoms with Crippen LogP contribution in [0.25, 0.3) is 0 Å². The zero-order valence-electron chi connectivity index (χ0n) is 9.51. The van der Waals surface area contributed by atoms with Gasteiger partial charge in [-0.15, -0.1) is 0 Å². The monoisotopic (exact) mass is 244 g/mol. The highest BCUT2D eigenvalue weighted by molar-refractivity contribution is 5.93. The summed E-state index contributed by atoms with van der Waals surface area (Å²) in [6.07, 6.45) is 1.43. The van der Waals surface area contributed by atoms with Crippen molar-refractivity contribution in [1.29, 1.82) is 0 Å². The Hall–Kier alpha value is -2.56. The van der Waals surface area contributed by atoms with E-state index in [1.54, 1.807) is 24.3 Å². The molecule has 0 aliphatic heterocycles. The molecule has 5 heteroatoms. The number of aromatic nitrogens is 1. The Bertz CT molecular complexity index is 602. The summed E-state index contributed by atoms with van der Waals surface area (Å²) in [6, 6.07) is 9.31. The van der Waals surface area contributed by atoms with Gasteiger partial charge in [-0.05, 0) is 23.8 Å². The lowest BCUT2D eigenvalue weighted by Gasteiger charge is -2.05. The third kappa shape index (κ3) is 2.98. The summed E-state index contributed by atoms with van der Waals surface area (Å²) >= 11 is 0. The van der Waals surface area contributed by atoms with E-state index in [-0.39, 0.29) is 17.2 Å². The van der Waals surface area contributed by atoms with E-state index in [0.29, 0.717) is 12.1 Å². The summed E-state index contributed by atoms with van der Waals surface area (Å²) in [5.74, 6) is -0.131. The Morgan fingerprint density at radius 3 is 2.61 bits per heavy atom. The topological polar surface area (TPSA) is 82.2 Å². The minimum absolute atomic E-state index is 0.180. The lowest BCUT2D eigenvalue weighted by Crippen LogP contribution is -2.24. The van der Waals surface area contributed by atoms with Crippen molar-refractivity contribution in [3.63, 3.8) is 0 Å². The van der Waals surface area contributed by atoms with Crippen molar-refractivity contribution in [2.75, 3.05) is 0 Å². The predicted molar refractivity (Wildman–Crippen MR) is 66.3 cm³/mol. The molecule has 0 radical (unpaired) electrons. The minimum atomic E-state index is -0.313. The van der Waals surface area contributed by atoms with E-state index in [9.17, 15) is 9.59 Å². The fourth-order valence-electron chi connectivity index (χ4n) is 1.48. The molecular weight excluding hydrogens is 232 g/mol. The van der Waals surface area contributed by atoms with Crippen LogP contribution in [0.3, 0.4) is 0 Å². The van der Waals surface area contributed by atoms with E-state index in [1.165, 1.54) is 18.3 Å². The van der Waals surface area contributed by atoms with Gasteiger partial charge in [-0.1, -0.05) is 12.1 Å². The molecule has 0 saturated heterocycles. The number of carbonyl (C=O) groups excluding carboxylic acids is 1. The molecule has 1 amide bonds. The normalized spacial score (nSPS) is 10.0. The van der Waals surface area contributed by atoms with Gasteiger partial charge in [0.1, 0.15) is 5.75 Å². The number of amides is 1. The number of hydrogen-bond acceptors (Lipinski definition) is 3. The van der Waals surface area contributed by atoms with Gasteiger partial charge in [0.25, 0.3) is 5.91 Å². The molecule has 18 heavy (non-hydrogen) atoms. The largest absolute Gasteiger partial charge is 0.508 e. The summed E-state index contributed by atoms with van der Waals surface area (Å²) < 4.78 is 0. The number of benzene rings is 1. The molecule has 1 aromatic heterocycles. The van der Waals surface area contributed by atoms with Crippen LogP contribution in [0.15, 0.2) is 47.4 Å². The molecule has 1 heterocycles. The molecule has 0 saturated carbocycles. The first kappa shape index (κ1) is 11.9. The van der Waals surface area contributed by atoms with Gasteiger partial charge in [0.2, 0.25) is 5.56 Å². The van der Waals surface area contributed by atoms with Crippen molar-refractivity contribution in [2.24, 2.45) is 0 Å². The third-order valence-electron chi connectivity index (χ3n) is 2.43. The Labute approximate surface area is 103 Å². The molecule has 5 nitrogen and oxygen atoms in total. The van der Waals surface area contributed by atoms with Gasteiger partial charge < -0.3 is 15.4 Å². The van der Waals surface area contributed by atoms with Crippen molar-refractivity contribution in [3.8, 4) is 5.75 Å². The molecule has 0 atom stereocenters. The summed E-state index contributed by atoms with van der Waals surface area (Å²) in [4.78, 5) is 25.2. The molecule has 3 N–H and O–H groups in total. The average molecular weight is 244 g/mol. The molecule has 0 unspecified atom stereocenters. The van der Waals surface area contributed by atoms with E-state index < -0.39 is 0 Å². The number of phenols is 1. The lowest BCUT2D eigenvalue weighted by molar-refractivity contribution is 0.0950. The van der Waals surface area contributed by atoms with Crippen LogP contribution in [0, 0.1) is 0 Å². The molecule has 2 rings (SSSR count). The first-order valence-electron chi connectivity index (χ1n) is 5.40. The van der Waals surface area contributed by atoms with E-state index in [4.69, 9.17) is 5.11 Å². The van der Waals surface area contributed by atoms with Crippen molar-refractivity contribution in [1.82, 2.24) is 10.3 Å². The van der Waals surface area contributed by atoms with Gasteiger partial charge in [-0.3, -0.25) is 9.59 Å². The zero-order chi connectivity index (χ0) is 13.0. The zero-order valence-corrected chi connectivity index (χ0v) is 9.51. The highest BCUT2D eigenvalue weighted by Crippen LogP contribution is 2.09. The fourth-order valence-corrected chi connectivity index (χ4v) is 1.48. The maximum atomic E-state index is 11.7. The van der Waals surface area contributed by atoms with Crippen molar-refractivity contribution >= 4 is 5.91 Å². The number of rotatable bonds is 3. The minimum Gasteiger partial charge on any atom is -0.508 e. The molecule has 0 aliphatic carbocycles. The van der Waals surface area contributed by atoms with Crippen LogP contribution in [0.1, 0.15) is 15.9 Å². The second-order valence-corrected chi connectivity index (χ2v) is 3.79. The fraction of sp³-hybridized carbons (Fsp3) is 0.0769. The predicted octanol–water partition coefficient (Wildman–Crippen LogP) is 1.01. The molecule has 2 aromatic rings. The molecule has 0 aliphatic rings. The lowest BCUT2D eigenvalue weighted by atomic mass is 10.2. The van der Waals surface area contributed by atoms with Gasteiger partial charge in [-0.25, -0.2) is 0 Å². The van der Waals surface area contributed by atoms with Crippen molar-refractivity contribution < 1.29 is 9.90 Å². The Morgan fingerprint density at radius 1 is 1.22 bits per heavy atom. The first-order valence-corrected chi connectivity index (χ1v) is 5.40. The highest BCUT2D eigenvalue weighted by atomic mass is 16.3. The summed E-state index contributed by atoms with van der Waals surface area (Å²) in [5.41, 5.74) is 0.871. The van der Waals surface area contributed by atoms with Gasteiger partial charge in [-0.2, -0.15) is 0 Å². The molecule has 0 fully saturated rings. The molecule has 0 bridgehead atoms. The number of nitrogens with one attached hydrogen (secondary N) is 2. The van der Waals surface area contributed by atoms with Gasteiger partial charge >= 0.3 is 0 Å². The van der Waals surface area contributed by atoms with Crippen LogP contribution in [0.2, 0.25) is 0 Å². The number of pyridine rings is 1. The Kier molecular flexibility index (Phi) is 3.43. The maximum Gasteiger partial charge on any atom is 0.251 e. The summed E-state index contributed by atoms with van der Waals surface area (Å²) in [5, 5.41) is 11.8. The summed E-state index contributed by atoms with van der Waals surface area (Å²) in [6.45, 7) is 0.339. The quantitative estimate of drug-likeness (QED) is 0.753. The highest BCUT2D eigenvalue weighted by Gasteiger charge is 2.05. The van der Waals surface area contributed by atoms with E-state index in [2.05, 4.69) is 10.3 Å². The Morgan fingerprint density at radius 2 is 1.94 bits per heavy atom. The van der Waals surface area contributed by atoms with Crippen molar-refractivity contribution in [3.05, 3.63) is 64.1 Å². The molecule has 1 aromatic carbocycles. The third-order valence-corrected chi connectivity index (χ3v) is 2.43. The van der Waals surface area contributed by atoms with Crippen LogP contribution < -0.4 is 10.9 Å². The standard InChI is InChI=1S/C13H12N2O3/c16-11-3-1-9(2-4-11)8-15-13(18)10-5-6-14-12(17)7-10/h1-7,16H,8H2,(H,14,17)(H,15,18). The number of H-pyrrole nitrogens is 1. The second kappa shape index (κ2) is 5.18. The van der Waals surface area contributed by atoms with Crippen molar-refractivity contribution in [2.45, 2.75) is 6.54 Å². The maximum absolute atomic E-state index is 11.7. The first-order chi connectivity index (χ1) is 8.65. The number of aromatic amines is 1. The van der Waals surface area contributed by atoms with E-state index >= 15 is 0 Å². The SMILES string of the molecule is O=C(NCc1ccc(O)cc1)c1cc[nH]c(=O)c1. The van der Waals surface area contributed by atoms with Crippen LogP contribution in [-0.4, -0.2) is 16.0 Å². The molecule has 0 spiro atoms. The number of hydrogen-bond donors (Lipinski definition) is 3. The molecular formula is C13H12N2O3. The number of carbonyl (C=O) groups is 1. The number of phenolic OH excluding ortho intramolecular Hbond substituents is 1. The van der Waals surface area contributed by atoms with Gasteiger partial charge in [0, 0.05) is 24.4 Å².